The molecule has 0 bridgehead atoms. The standard InChI is InChI=1S/C14H12N4O4S/c19-10-5-3-7-15-14(10)17-12(20)8-16-13-9-4-1-2-6-11(9)23(21,22)18-13/h1-7,19H,8H2,(H,16,18)(H,15,17,20). The van der Waals surface area contributed by atoms with Crippen LogP contribution >= 0.6 is 0 Å². The maximum atomic E-state index is 11.9. The third kappa shape index (κ3) is 2.99. The van der Waals surface area contributed by atoms with Crippen LogP contribution in [0.15, 0.2) is 52.5 Å². The minimum Gasteiger partial charge on any atom is -0.504 e. The van der Waals surface area contributed by atoms with E-state index in [0.717, 1.165) is 0 Å². The fourth-order valence-corrected chi connectivity index (χ4v) is 3.32. The minimum absolute atomic E-state index is 0.0186. The van der Waals surface area contributed by atoms with Gasteiger partial charge in [0.1, 0.15) is 12.4 Å². The minimum atomic E-state index is -3.63. The van der Waals surface area contributed by atoms with Crippen molar-refractivity contribution in [3.8, 4) is 5.75 Å². The number of carbonyl (C=O) groups excluding carboxylic acids is 1. The van der Waals surface area contributed by atoms with Gasteiger partial charge in [0.2, 0.25) is 5.91 Å². The van der Waals surface area contributed by atoms with Crippen molar-refractivity contribution >= 4 is 27.6 Å². The number of rotatable bonds is 3. The van der Waals surface area contributed by atoms with Crippen molar-refractivity contribution in [2.24, 2.45) is 4.99 Å². The number of aliphatic imine (C=N–C) groups is 1. The summed E-state index contributed by atoms with van der Waals surface area (Å²) in [5, 5.41) is 11.9. The second-order valence-electron chi connectivity index (χ2n) is 4.69. The smallest absolute Gasteiger partial charge is 0.263 e. The molecule has 1 amide bonds. The summed E-state index contributed by atoms with van der Waals surface area (Å²) in [6.45, 7) is -0.317. The maximum Gasteiger partial charge on any atom is 0.263 e. The summed E-state index contributed by atoms with van der Waals surface area (Å²) in [4.78, 5) is 19.8. The number of hydrogen-bond acceptors (Lipinski definition) is 6. The molecule has 9 heteroatoms. The molecule has 8 nitrogen and oxygen atoms in total. The second kappa shape index (κ2) is 5.69. The molecule has 2 aromatic rings. The molecule has 0 fully saturated rings. The van der Waals surface area contributed by atoms with Crippen LogP contribution in [0.1, 0.15) is 5.56 Å². The van der Waals surface area contributed by atoms with E-state index in [1.165, 1.54) is 24.4 Å². The van der Waals surface area contributed by atoms with Crippen LogP contribution in [-0.2, 0) is 14.8 Å². The molecule has 23 heavy (non-hydrogen) atoms. The Morgan fingerprint density at radius 1 is 1.26 bits per heavy atom. The van der Waals surface area contributed by atoms with E-state index in [2.05, 4.69) is 20.0 Å². The van der Waals surface area contributed by atoms with Gasteiger partial charge in [0.15, 0.2) is 11.6 Å². The second-order valence-corrected chi connectivity index (χ2v) is 6.34. The molecule has 0 aliphatic carbocycles. The summed E-state index contributed by atoms with van der Waals surface area (Å²) in [6, 6.07) is 9.27. The molecule has 0 unspecified atom stereocenters. The predicted molar refractivity (Wildman–Crippen MR) is 82.7 cm³/mol. The first-order valence-electron chi connectivity index (χ1n) is 6.58. The van der Waals surface area contributed by atoms with E-state index in [0.29, 0.717) is 5.56 Å². The van der Waals surface area contributed by atoms with E-state index >= 15 is 0 Å². The number of sulfonamides is 1. The predicted octanol–water partition coefficient (Wildman–Crippen LogP) is 0.464. The summed E-state index contributed by atoms with van der Waals surface area (Å²) in [6.07, 6.45) is 1.42. The molecule has 1 aliphatic heterocycles. The zero-order valence-electron chi connectivity index (χ0n) is 11.7. The number of benzene rings is 1. The molecule has 1 aromatic carbocycles. The topological polar surface area (TPSA) is 121 Å². The van der Waals surface area contributed by atoms with Gasteiger partial charge in [0.25, 0.3) is 10.0 Å². The average molecular weight is 332 g/mol. The lowest BCUT2D eigenvalue weighted by atomic mass is 10.2. The van der Waals surface area contributed by atoms with Gasteiger partial charge in [0, 0.05) is 11.8 Å². The van der Waals surface area contributed by atoms with Gasteiger partial charge in [-0.05, 0) is 24.3 Å². The van der Waals surface area contributed by atoms with Gasteiger partial charge in [0.05, 0.1) is 4.90 Å². The highest BCUT2D eigenvalue weighted by molar-refractivity contribution is 7.90. The Balaban J connectivity index is 1.77. The van der Waals surface area contributed by atoms with E-state index in [4.69, 9.17) is 0 Å². The molecule has 118 valence electrons. The Morgan fingerprint density at radius 3 is 2.83 bits per heavy atom. The third-order valence-corrected chi connectivity index (χ3v) is 4.48. The molecule has 0 saturated carbocycles. The molecule has 0 atom stereocenters. The number of hydrogen-bond donors (Lipinski definition) is 3. The molecule has 1 aliphatic rings. The van der Waals surface area contributed by atoms with Crippen LogP contribution < -0.4 is 10.0 Å². The van der Waals surface area contributed by atoms with Crippen molar-refractivity contribution in [1.29, 1.82) is 0 Å². The molecule has 0 saturated heterocycles. The van der Waals surface area contributed by atoms with Crippen LogP contribution in [0.2, 0.25) is 0 Å². The molecular formula is C14H12N4O4S. The first kappa shape index (κ1) is 15.0. The van der Waals surface area contributed by atoms with Gasteiger partial charge in [-0.1, -0.05) is 12.1 Å². The highest BCUT2D eigenvalue weighted by atomic mass is 32.2. The number of amides is 1. The van der Waals surface area contributed by atoms with Crippen LogP contribution in [0.3, 0.4) is 0 Å². The van der Waals surface area contributed by atoms with Crippen LogP contribution in [0.25, 0.3) is 0 Å². The average Bonchev–Trinajstić information content (AvgIpc) is 2.79. The van der Waals surface area contributed by atoms with Crippen molar-refractivity contribution in [1.82, 2.24) is 9.71 Å². The number of pyridine rings is 1. The number of fused-ring (bicyclic) bond motifs is 1. The van der Waals surface area contributed by atoms with Crippen molar-refractivity contribution < 1.29 is 18.3 Å². The Hall–Kier alpha value is -2.94. The fraction of sp³-hybridized carbons (Fsp3) is 0.0714. The first-order chi connectivity index (χ1) is 11.0. The lowest BCUT2D eigenvalue weighted by molar-refractivity contribution is -0.114. The number of anilines is 1. The molecule has 3 N–H and O–H groups in total. The van der Waals surface area contributed by atoms with Crippen molar-refractivity contribution in [3.63, 3.8) is 0 Å². The van der Waals surface area contributed by atoms with Crippen LogP contribution in [0.4, 0.5) is 5.82 Å². The maximum absolute atomic E-state index is 11.9. The Morgan fingerprint density at radius 2 is 2.04 bits per heavy atom. The molecule has 0 radical (unpaired) electrons. The van der Waals surface area contributed by atoms with Crippen molar-refractivity contribution in [3.05, 3.63) is 48.2 Å². The lowest BCUT2D eigenvalue weighted by Crippen LogP contribution is -2.24. The first-order valence-corrected chi connectivity index (χ1v) is 8.06. The number of nitrogens with one attached hydrogen (secondary N) is 2. The van der Waals surface area contributed by atoms with Crippen molar-refractivity contribution in [2.75, 3.05) is 11.9 Å². The molecular weight excluding hydrogens is 320 g/mol. The molecule has 0 spiro atoms. The summed E-state index contributed by atoms with van der Waals surface area (Å²) in [5.74, 6) is -0.568. The zero-order chi connectivity index (χ0) is 16.4. The number of nitrogens with zero attached hydrogens (tertiary/aromatic N) is 2. The van der Waals surface area contributed by atoms with Gasteiger partial charge in [-0.2, -0.15) is 0 Å². The highest BCUT2D eigenvalue weighted by Gasteiger charge is 2.30. The number of amidine groups is 1. The zero-order valence-corrected chi connectivity index (χ0v) is 12.5. The van der Waals surface area contributed by atoms with E-state index in [1.807, 2.05) is 0 Å². The summed E-state index contributed by atoms with van der Waals surface area (Å²) in [5.41, 5.74) is 0.418. The van der Waals surface area contributed by atoms with E-state index < -0.39 is 15.9 Å². The number of carbonyl (C=O) groups is 1. The summed E-state index contributed by atoms with van der Waals surface area (Å²) >= 11 is 0. The highest BCUT2D eigenvalue weighted by Crippen LogP contribution is 2.22. The Bertz CT molecular complexity index is 908. The van der Waals surface area contributed by atoms with E-state index in [1.54, 1.807) is 18.2 Å². The Labute approximate surface area is 132 Å². The normalized spacial score (nSPS) is 16.6. The Kier molecular flexibility index (Phi) is 3.70. The van der Waals surface area contributed by atoms with Gasteiger partial charge in [-0.3, -0.25) is 14.5 Å². The number of aromatic hydroxyl groups is 1. The molecule has 3 rings (SSSR count). The van der Waals surface area contributed by atoms with Crippen molar-refractivity contribution in [2.45, 2.75) is 4.90 Å². The van der Waals surface area contributed by atoms with Gasteiger partial charge in [-0.25, -0.2) is 13.4 Å². The lowest BCUT2D eigenvalue weighted by Gasteiger charge is -2.04. The number of aromatic nitrogens is 1. The fourth-order valence-electron chi connectivity index (χ4n) is 2.07. The van der Waals surface area contributed by atoms with Crippen LogP contribution in [0, 0.1) is 0 Å². The quantitative estimate of drug-likeness (QED) is 0.754. The van der Waals surface area contributed by atoms with Gasteiger partial charge in [-0.15, -0.1) is 0 Å². The van der Waals surface area contributed by atoms with E-state index in [9.17, 15) is 18.3 Å². The largest absolute Gasteiger partial charge is 0.504 e. The summed E-state index contributed by atoms with van der Waals surface area (Å²) < 4.78 is 26.1. The van der Waals surface area contributed by atoms with Crippen LogP contribution in [0.5, 0.6) is 5.75 Å². The monoisotopic (exact) mass is 332 g/mol. The third-order valence-electron chi connectivity index (χ3n) is 3.09. The molecule has 1 aromatic heterocycles. The van der Waals surface area contributed by atoms with Gasteiger partial charge >= 0.3 is 0 Å². The SMILES string of the molecule is O=C(CN=C1NS(=O)(=O)c2ccccc21)Nc1ncccc1O. The van der Waals surface area contributed by atoms with Crippen LogP contribution in [-0.4, -0.2) is 36.8 Å². The van der Waals surface area contributed by atoms with Gasteiger partial charge < -0.3 is 10.4 Å². The molecule has 2 heterocycles. The van der Waals surface area contributed by atoms with E-state index in [-0.39, 0.29) is 28.8 Å². The summed E-state index contributed by atoms with van der Waals surface area (Å²) in [7, 11) is -3.63.